The third kappa shape index (κ3) is 2.75. The Morgan fingerprint density at radius 3 is 2.00 bits per heavy atom. The van der Waals surface area contributed by atoms with Crippen molar-refractivity contribution in [2.75, 3.05) is 11.5 Å². The Hall–Kier alpha value is -0.670. The van der Waals surface area contributed by atoms with E-state index in [0.717, 1.165) is 0 Å². The van der Waals surface area contributed by atoms with Gasteiger partial charge in [-0.3, -0.25) is 4.98 Å². The van der Waals surface area contributed by atoms with E-state index in [-0.39, 0.29) is 24.8 Å². The molecule has 0 spiro atoms. The summed E-state index contributed by atoms with van der Waals surface area (Å²) in [6, 6.07) is 1.66. The van der Waals surface area contributed by atoms with Crippen molar-refractivity contribution in [3.05, 3.63) is 18.5 Å². The first kappa shape index (κ1) is 12.0. The van der Waals surface area contributed by atoms with Gasteiger partial charge in [-0.2, -0.15) is 0 Å². The molecule has 1 rings (SSSR count). The van der Waals surface area contributed by atoms with Gasteiger partial charge < -0.3 is 11.5 Å². The third-order valence-corrected chi connectivity index (χ3v) is 0.887. The molecular weight excluding hydrogens is 173 g/mol. The lowest BCUT2D eigenvalue weighted by Crippen LogP contribution is -1.93. The predicted molar refractivity (Wildman–Crippen MR) is 47.6 cm³/mol. The molecule has 1 heterocycles. The van der Waals surface area contributed by atoms with Crippen LogP contribution in [0.1, 0.15) is 0 Å². The number of nitrogen functional groups attached to an aromatic ring is 2. The second-order valence-electron chi connectivity index (χ2n) is 1.50. The van der Waals surface area contributed by atoms with Crippen molar-refractivity contribution in [1.29, 1.82) is 0 Å². The van der Waals surface area contributed by atoms with Crippen LogP contribution in [0, 0.1) is 0 Å². The lowest BCUT2D eigenvalue weighted by molar-refractivity contribution is 1.34. The second-order valence-corrected chi connectivity index (χ2v) is 1.50. The van der Waals surface area contributed by atoms with Gasteiger partial charge >= 0.3 is 0 Å². The topological polar surface area (TPSA) is 64.9 Å². The molecule has 0 bridgehead atoms. The summed E-state index contributed by atoms with van der Waals surface area (Å²) in [4.78, 5) is 3.74. The number of halogens is 2. The van der Waals surface area contributed by atoms with Gasteiger partial charge in [0.15, 0.2) is 0 Å². The van der Waals surface area contributed by atoms with Gasteiger partial charge in [0.05, 0.1) is 17.6 Å². The van der Waals surface area contributed by atoms with E-state index in [2.05, 4.69) is 4.98 Å². The molecule has 1 aromatic heterocycles. The number of pyridine rings is 1. The summed E-state index contributed by atoms with van der Waals surface area (Å²) in [6.45, 7) is 0. The maximum atomic E-state index is 5.35. The standard InChI is InChI=1S/C5H7N3.2ClH/c6-4-1-2-8-3-5(4)7;;/h1-3H,7H2,(H2,6,8);2*1H. The molecule has 0 radical (unpaired) electrons. The van der Waals surface area contributed by atoms with Crippen molar-refractivity contribution in [3.8, 4) is 0 Å². The number of nitrogens with zero attached hydrogens (tertiary/aromatic N) is 1. The van der Waals surface area contributed by atoms with Crippen LogP contribution in [-0.4, -0.2) is 4.98 Å². The Balaban J connectivity index is 0. The minimum absolute atomic E-state index is 0. The zero-order chi connectivity index (χ0) is 5.98. The average molecular weight is 182 g/mol. The quantitative estimate of drug-likeness (QED) is 0.631. The van der Waals surface area contributed by atoms with E-state index in [1.165, 1.54) is 6.20 Å². The molecule has 0 aliphatic heterocycles. The van der Waals surface area contributed by atoms with Crippen molar-refractivity contribution in [1.82, 2.24) is 4.98 Å². The minimum Gasteiger partial charge on any atom is -0.397 e. The molecular formula is C5H9Cl2N3. The van der Waals surface area contributed by atoms with Gasteiger partial charge in [0.25, 0.3) is 0 Å². The average Bonchev–Trinajstić information content (AvgIpc) is 1.77. The first-order chi connectivity index (χ1) is 3.80. The third-order valence-electron chi connectivity index (χ3n) is 0.887. The first-order valence-corrected chi connectivity index (χ1v) is 2.25. The Morgan fingerprint density at radius 1 is 1.10 bits per heavy atom. The van der Waals surface area contributed by atoms with Crippen LogP contribution >= 0.6 is 24.8 Å². The van der Waals surface area contributed by atoms with Gasteiger partial charge in [0, 0.05) is 6.20 Å². The van der Waals surface area contributed by atoms with E-state index < -0.39 is 0 Å². The molecule has 0 amide bonds. The summed E-state index contributed by atoms with van der Waals surface area (Å²) in [5.41, 5.74) is 11.8. The highest BCUT2D eigenvalue weighted by Gasteiger charge is 1.86. The van der Waals surface area contributed by atoms with E-state index in [1.807, 2.05) is 0 Å². The number of aromatic nitrogens is 1. The number of anilines is 2. The minimum atomic E-state index is 0. The molecule has 3 nitrogen and oxygen atoms in total. The fraction of sp³-hybridized carbons (Fsp3) is 0. The summed E-state index contributed by atoms with van der Waals surface area (Å²) in [5, 5.41) is 0. The Labute approximate surface area is 71.6 Å². The van der Waals surface area contributed by atoms with Crippen LogP contribution in [0.25, 0.3) is 0 Å². The largest absolute Gasteiger partial charge is 0.397 e. The van der Waals surface area contributed by atoms with Crippen molar-refractivity contribution >= 4 is 36.2 Å². The number of hydrogen-bond donors (Lipinski definition) is 2. The molecule has 0 saturated heterocycles. The van der Waals surface area contributed by atoms with Crippen LogP contribution < -0.4 is 11.5 Å². The summed E-state index contributed by atoms with van der Waals surface area (Å²) >= 11 is 0. The zero-order valence-electron chi connectivity index (χ0n) is 5.15. The van der Waals surface area contributed by atoms with Crippen molar-refractivity contribution in [3.63, 3.8) is 0 Å². The van der Waals surface area contributed by atoms with Gasteiger partial charge in [-0.1, -0.05) is 0 Å². The maximum absolute atomic E-state index is 5.35. The van der Waals surface area contributed by atoms with E-state index in [4.69, 9.17) is 11.5 Å². The van der Waals surface area contributed by atoms with E-state index in [1.54, 1.807) is 12.3 Å². The molecule has 10 heavy (non-hydrogen) atoms. The maximum Gasteiger partial charge on any atom is 0.0734 e. The lowest BCUT2D eigenvalue weighted by Gasteiger charge is -1.93. The predicted octanol–water partition coefficient (Wildman–Crippen LogP) is 1.09. The molecule has 0 aliphatic rings. The number of nitrogens with two attached hydrogens (primary N) is 2. The molecule has 0 fully saturated rings. The normalized spacial score (nSPS) is 7.20. The smallest absolute Gasteiger partial charge is 0.0734 e. The fourth-order valence-electron chi connectivity index (χ4n) is 0.417. The summed E-state index contributed by atoms with van der Waals surface area (Å²) in [7, 11) is 0. The Morgan fingerprint density at radius 2 is 1.70 bits per heavy atom. The van der Waals surface area contributed by atoms with Crippen molar-refractivity contribution < 1.29 is 0 Å². The molecule has 0 atom stereocenters. The monoisotopic (exact) mass is 181 g/mol. The van der Waals surface area contributed by atoms with Gasteiger partial charge in [-0.05, 0) is 6.07 Å². The molecule has 0 unspecified atom stereocenters. The van der Waals surface area contributed by atoms with Crippen molar-refractivity contribution in [2.24, 2.45) is 0 Å². The molecule has 5 heteroatoms. The van der Waals surface area contributed by atoms with Crippen LogP contribution in [0.3, 0.4) is 0 Å². The van der Waals surface area contributed by atoms with Crippen LogP contribution in [0.4, 0.5) is 11.4 Å². The molecule has 1 aromatic rings. The molecule has 0 aliphatic carbocycles. The zero-order valence-corrected chi connectivity index (χ0v) is 6.78. The lowest BCUT2D eigenvalue weighted by atomic mass is 10.4. The van der Waals surface area contributed by atoms with Gasteiger partial charge in [0.1, 0.15) is 0 Å². The Kier molecular flexibility index (Phi) is 6.20. The molecule has 0 aromatic carbocycles. The second kappa shape index (κ2) is 5.14. The van der Waals surface area contributed by atoms with Crippen LogP contribution in [0.2, 0.25) is 0 Å². The van der Waals surface area contributed by atoms with E-state index >= 15 is 0 Å². The highest BCUT2D eigenvalue weighted by atomic mass is 35.5. The van der Waals surface area contributed by atoms with E-state index in [9.17, 15) is 0 Å². The first-order valence-electron chi connectivity index (χ1n) is 2.25. The fourth-order valence-corrected chi connectivity index (χ4v) is 0.417. The highest BCUT2D eigenvalue weighted by molar-refractivity contribution is 5.85. The van der Waals surface area contributed by atoms with E-state index in [0.29, 0.717) is 11.4 Å². The molecule has 58 valence electrons. The molecule has 0 saturated carbocycles. The Bertz CT molecular complexity index is 171. The summed E-state index contributed by atoms with van der Waals surface area (Å²) in [6.07, 6.45) is 3.13. The van der Waals surface area contributed by atoms with Crippen LogP contribution in [0.15, 0.2) is 18.5 Å². The molecule has 4 N–H and O–H groups in total. The van der Waals surface area contributed by atoms with Gasteiger partial charge in [-0.25, -0.2) is 0 Å². The highest BCUT2D eigenvalue weighted by Crippen LogP contribution is 2.08. The number of rotatable bonds is 0. The van der Waals surface area contributed by atoms with Crippen LogP contribution in [-0.2, 0) is 0 Å². The SMILES string of the molecule is Cl.Cl.Nc1ccncc1N. The van der Waals surface area contributed by atoms with Crippen molar-refractivity contribution in [2.45, 2.75) is 0 Å². The van der Waals surface area contributed by atoms with Gasteiger partial charge in [-0.15, -0.1) is 24.8 Å². The number of hydrogen-bond acceptors (Lipinski definition) is 3. The summed E-state index contributed by atoms with van der Waals surface area (Å²) in [5.74, 6) is 0. The van der Waals surface area contributed by atoms with Gasteiger partial charge in [0.2, 0.25) is 0 Å². The van der Waals surface area contributed by atoms with Crippen LogP contribution in [0.5, 0.6) is 0 Å². The summed E-state index contributed by atoms with van der Waals surface area (Å²) < 4.78 is 0.